The molecular weight excluding hydrogens is 433 g/mol. The van der Waals surface area contributed by atoms with E-state index in [2.05, 4.69) is 15.0 Å². The summed E-state index contributed by atoms with van der Waals surface area (Å²) < 4.78 is 16.1. The topological polar surface area (TPSA) is 104 Å². The van der Waals surface area contributed by atoms with Crippen LogP contribution in [0.2, 0.25) is 10.6 Å². The van der Waals surface area contributed by atoms with Crippen LogP contribution in [-0.2, 0) is 4.79 Å². The molecule has 0 saturated heterocycles. The van der Waals surface area contributed by atoms with E-state index in [0.717, 1.165) is 6.08 Å². The summed E-state index contributed by atoms with van der Waals surface area (Å²) in [6, 6.07) is 11.8. The molecule has 3 rings (SSSR count). The van der Waals surface area contributed by atoms with Crippen molar-refractivity contribution in [1.29, 1.82) is 0 Å². The monoisotopic (exact) mass is 447 g/mol. The van der Waals surface area contributed by atoms with Gasteiger partial charge in [0, 0.05) is 6.08 Å². The fraction of sp³-hybridized carbons (Fsp3) is 0.100. The van der Waals surface area contributed by atoms with Gasteiger partial charge in [0.05, 0.1) is 14.2 Å². The third-order valence-corrected chi connectivity index (χ3v) is 4.24. The average Bonchev–Trinajstić information content (AvgIpc) is 2.71. The van der Waals surface area contributed by atoms with E-state index in [9.17, 15) is 9.90 Å². The fourth-order valence-electron chi connectivity index (χ4n) is 2.62. The Morgan fingerprint density at radius 1 is 0.900 bits per heavy atom. The van der Waals surface area contributed by atoms with E-state index in [1.807, 2.05) is 0 Å². The molecule has 0 aliphatic carbocycles. The van der Waals surface area contributed by atoms with Crippen LogP contribution in [0.25, 0.3) is 5.57 Å². The summed E-state index contributed by atoms with van der Waals surface area (Å²) in [5, 5.41) is 9.14. The lowest BCUT2D eigenvalue weighted by Crippen LogP contribution is -1.98. The highest BCUT2D eigenvalue weighted by Crippen LogP contribution is 2.33. The number of aliphatic carboxylic acids is 1. The van der Waals surface area contributed by atoms with Crippen LogP contribution in [0.3, 0.4) is 0 Å². The van der Waals surface area contributed by atoms with Crippen molar-refractivity contribution in [3.8, 4) is 23.3 Å². The number of hydrogen-bond acceptors (Lipinski definition) is 7. The fourth-order valence-corrected chi connectivity index (χ4v) is 2.97. The van der Waals surface area contributed by atoms with Crippen LogP contribution >= 0.6 is 23.2 Å². The molecule has 8 nitrogen and oxygen atoms in total. The minimum atomic E-state index is -1.09. The first-order valence-electron chi connectivity index (χ1n) is 8.42. The van der Waals surface area contributed by atoms with Gasteiger partial charge in [0.1, 0.15) is 5.75 Å². The Morgan fingerprint density at radius 2 is 1.50 bits per heavy atom. The Kier molecular flexibility index (Phi) is 6.71. The highest BCUT2D eigenvalue weighted by molar-refractivity contribution is 6.31. The maximum Gasteiger partial charge on any atom is 0.328 e. The zero-order valence-electron chi connectivity index (χ0n) is 15.8. The summed E-state index contributed by atoms with van der Waals surface area (Å²) >= 11 is 11.5. The lowest BCUT2D eigenvalue weighted by molar-refractivity contribution is -0.131. The van der Waals surface area contributed by atoms with Crippen LogP contribution in [0.4, 0.5) is 0 Å². The molecule has 0 bridgehead atoms. The van der Waals surface area contributed by atoms with Gasteiger partial charge in [-0.1, -0.05) is 18.2 Å². The number of rotatable bonds is 7. The second-order valence-corrected chi connectivity index (χ2v) is 6.42. The van der Waals surface area contributed by atoms with Crippen molar-refractivity contribution in [3.05, 3.63) is 70.2 Å². The predicted molar refractivity (Wildman–Crippen MR) is 111 cm³/mol. The van der Waals surface area contributed by atoms with E-state index in [0.29, 0.717) is 33.9 Å². The molecule has 0 spiro atoms. The normalized spacial score (nSPS) is 11.1. The first-order chi connectivity index (χ1) is 14.4. The van der Waals surface area contributed by atoms with Crippen LogP contribution in [-0.4, -0.2) is 40.2 Å². The molecule has 0 radical (unpaired) electrons. The quantitative estimate of drug-likeness (QED) is 0.527. The van der Waals surface area contributed by atoms with E-state index in [1.165, 1.54) is 14.2 Å². The molecule has 0 aliphatic rings. The second-order valence-electron chi connectivity index (χ2n) is 5.75. The summed E-state index contributed by atoms with van der Waals surface area (Å²) in [6.07, 6.45) is 1.11. The van der Waals surface area contributed by atoms with Crippen LogP contribution in [0.5, 0.6) is 23.3 Å². The number of ether oxygens (including phenoxy) is 3. The molecular formula is C20H15Cl2N3O5. The van der Waals surface area contributed by atoms with Crippen molar-refractivity contribution < 1.29 is 24.1 Å². The third kappa shape index (κ3) is 5.16. The van der Waals surface area contributed by atoms with Crippen LogP contribution in [0.15, 0.2) is 48.5 Å². The van der Waals surface area contributed by atoms with E-state index >= 15 is 0 Å². The number of carboxylic acid groups (broad SMARTS) is 1. The molecule has 154 valence electrons. The summed E-state index contributed by atoms with van der Waals surface area (Å²) in [6.45, 7) is 0. The van der Waals surface area contributed by atoms with Crippen molar-refractivity contribution in [3.63, 3.8) is 0 Å². The lowest BCUT2D eigenvalue weighted by atomic mass is 9.97. The van der Waals surface area contributed by atoms with Crippen LogP contribution in [0.1, 0.15) is 11.1 Å². The van der Waals surface area contributed by atoms with Gasteiger partial charge < -0.3 is 19.3 Å². The zero-order valence-corrected chi connectivity index (χ0v) is 17.3. The van der Waals surface area contributed by atoms with E-state index in [1.54, 1.807) is 42.5 Å². The van der Waals surface area contributed by atoms with Crippen LogP contribution < -0.4 is 14.2 Å². The predicted octanol–water partition coefficient (Wildman–Crippen LogP) is 4.50. The first kappa shape index (κ1) is 21.4. The van der Waals surface area contributed by atoms with Gasteiger partial charge in [-0.05, 0) is 64.2 Å². The number of aromatic nitrogens is 3. The molecule has 1 N–H and O–H groups in total. The van der Waals surface area contributed by atoms with Gasteiger partial charge >= 0.3 is 12.0 Å². The molecule has 0 fully saturated rings. The zero-order chi connectivity index (χ0) is 21.7. The van der Waals surface area contributed by atoms with Crippen molar-refractivity contribution in [2.24, 2.45) is 0 Å². The van der Waals surface area contributed by atoms with Gasteiger partial charge in [0.25, 0.3) is 0 Å². The van der Waals surface area contributed by atoms with Crippen LogP contribution in [0, 0.1) is 0 Å². The van der Waals surface area contributed by atoms with Crippen molar-refractivity contribution in [1.82, 2.24) is 15.0 Å². The minimum absolute atomic E-state index is 0.0612. The largest absolute Gasteiger partial charge is 0.493 e. The summed E-state index contributed by atoms with van der Waals surface area (Å²) in [5.74, 6) is 0.331. The average molecular weight is 448 g/mol. The van der Waals surface area contributed by atoms with E-state index in [-0.39, 0.29) is 16.6 Å². The Hall–Kier alpha value is -3.36. The number of carbonyl (C=O) groups is 1. The highest BCUT2D eigenvalue weighted by atomic mass is 35.5. The molecule has 0 amide bonds. The molecule has 0 unspecified atom stereocenters. The Bertz CT molecular complexity index is 1080. The molecule has 0 saturated carbocycles. The Labute approximate surface area is 181 Å². The molecule has 3 aromatic rings. The summed E-state index contributed by atoms with van der Waals surface area (Å²) in [4.78, 5) is 22.7. The molecule has 0 atom stereocenters. The number of nitrogens with zero attached hydrogens (tertiary/aromatic N) is 3. The van der Waals surface area contributed by atoms with Gasteiger partial charge in [0.2, 0.25) is 10.6 Å². The van der Waals surface area contributed by atoms with Gasteiger partial charge in [0.15, 0.2) is 11.5 Å². The highest BCUT2D eigenvalue weighted by Gasteiger charge is 2.13. The molecule has 2 aromatic carbocycles. The number of methoxy groups -OCH3 is 2. The van der Waals surface area contributed by atoms with Gasteiger partial charge in [-0.2, -0.15) is 15.0 Å². The summed E-state index contributed by atoms with van der Waals surface area (Å²) in [5.41, 5.74) is 1.75. The SMILES string of the molecule is COc1ccc(/C(=C/C(=O)O)c2ccc(Oc3nc(Cl)nc(Cl)n3)cc2)cc1OC. The number of halogens is 2. The smallest absolute Gasteiger partial charge is 0.328 e. The molecule has 1 heterocycles. The van der Waals surface area contributed by atoms with Crippen molar-refractivity contribution in [2.45, 2.75) is 0 Å². The maximum atomic E-state index is 11.4. The number of hydrogen-bond donors (Lipinski definition) is 1. The van der Waals surface area contributed by atoms with E-state index in [4.69, 9.17) is 37.4 Å². The first-order valence-corrected chi connectivity index (χ1v) is 9.17. The number of carboxylic acids is 1. The Morgan fingerprint density at radius 3 is 2.07 bits per heavy atom. The second kappa shape index (κ2) is 9.43. The minimum Gasteiger partial charge on any atom is -0.493 e. The lowest BCUT2D eigenvalue weighted by Gasteiger charge is -2.13. The molecule has 30 heavy (non-hydrogen) atoms. The van der Waals surface area contributed by atoms with E-state index < -0.39 is 5.97 Å². The number of benzene rings is 2. The summed E-state index contributed by atoms with van der Waals surface area (Å²) in [7, 11) is 3.03. The molecule has 10 heteroatoms. The van der Waals surface area contributed by atoms with Gasteiger partial charge in [-0.3, -0.25) is 0 Å². The Balaban J connectivity index is 1.93. The molecule has 0 aliphatic heterocycles. The maximum absolute atomic E-state index is 11.4. The van der Waals surface area contributed by atoms with Crippen molar-refractivity contribution in [2.75, 3.05) is 14.2 Å². The van der Waals surface area contributed by atoms with Gasteiger partial charge in [-0.25, -0.2) is 4.79 Å². The third-order valence-electron chi connectivity index (χ3n) is 3.90. The van der Waals surface area contributed by atoms with Gasteiger partial charge in [-0.15, -0.1) is 0 Å². The van der Waals surface area contributed by atoms with Crippen molar-refractivity contribution >= 4 is 34.7 Å². The standard InChI is InChI=1S/C20H15Cl2N3O5/c1-28-15-8-5-12(9-16(15)29-2)14(10-17(26)27)11-3-6-13(7-4-11)30-20-24-18(21)23-19(22)25-20/h3-10H,1-2H3,(H,26,27)/b14-10+. The molecule has 1 aromatic heterocycles.